The molecule has 0 aliphatic carbocycles. The molecule has 4 nitrogen and oxygen atoms in total. The van der Waals surface area contributed by atoms with Crippen LogP contribution in [0.25, 0.3) is 0 Å². The zero-order valence-electron chi connectivity index (χ0n) is 15.6. The predicted molar refractivity (Wildman–Crippen MR) is 107 cm³/mol. The number of thiophene rings is 1. The van der Waals surface area contributed by atoms with Crippen molar-refractivity contribution in [3.8, 4) is 0 Å². The Bertz CT molecular complexity index is 781. The van der Waals surface area contributed by atoms with E-state index in [2.05, 4.69) is 37.4 Å². The molecular formula is C20H25NO3S2. The fourth-order valence-corrected chi connectivity index (χ4v) is 5.14. The monoisotopic (exact) mass is 391 g/mol. The minimum absolute atomic E-state index is 0.389. The van der Waals surface area contributed by atoms with Crippen LogP contribution in [-0.4, -0.2) is 23.3 Å². The zero-order chi connectivity index (χ0) is 18.8. The Morgan fingerprint density at radius 2 is 1.96 bits per heavy atom. The number of hydrogen-bond donors (Lipinski definition) is 1. The molecule has 1 saturated heterocycles. The molecule has 1 atom stereocenters. The van der Waals surface area contributed by atoms with Gasteiger partial charge in [0.25, 0.3) is 0 Å². The van der Waals surface area contributed by atoms with E-state index in [1.807, 2.05) is 24.3 Å². The highest BCUT2D eigenvalue weighted by atomic mass is 32.2. The van der Waals surface area contributed by atoms with Gasteiger partial charge in [-0.25, -0.2) is 0 Å². The van der Waals surface area contributed by atoms with Crippen LogP contribution in [0.4, 0.5) is 0 Å². The Hall–Kier alpha value is -1.34. The van der Waals surface area contributed by atoms with E-state index in [9.17, 15) is 0 Å². The van der Waals surface area contributed by atoms with Crippen LogP contribution < -0.4 is 0 Å². The van der Waals surface area contributed by atoms with Gasteiger partial charge in [0.15, 0.2) is 5.79 Å². The highest BCUT2D eigenvalue weighted by molar-refractivity contribution is 8.01. The molecule has 3 rings (SSSR count). The summed E-state index contributed by atoms with van der Waals surface area (Å²) in [7, 11) is 0. The van der Waals surface area contributed by atoms with Crippen molar-refractivity contribution in [2.24, 2.45) is 5.16 Å². The van der Waals surface area contributed by atoms with Gasteiger partial charge in [0.1, 0.15) is 5.60 Å². The van der Waals surface area contributed by atoms with Gasteiger partial charge in [-0.3, -0.25) is 0 Å². The molecule has 1 unspecified atom stereocenters. The van der Waals surface area contributed by atoms with Gasteiger partial charge in [-0.15, -0.1) is 11.3 Å². The second kappa shape index (κ2) is 7.72. The number of rotatable bonds is 6. The van der Waals surface area contributed by atoms with Crippen molar-refractivity contribution >= 4 is 28.8 Å². The third kappa shape index (κ3) is 3.83. The summed E-state index contributed by atoms with van der Waals surface area (Å²) in [5.41, 5.74) is 2.32. The number of oxime groups is 1. The first-order valence-corrected chi connectivity index (χ1v) is 10.5. The smallest absolute Gasteiger partial charge is 0.169 e. The fraction of sp³-hybridized carbons (Fsp3) is 0.450. The first-order chi connectivity index (χ1) is 12.4. The van der Waals surface area contributed by atoms with Crippen molar-refractivity contribution < 1.29 is 14.7 Å². The van der Waals surface area contributed by atoms with E-state index < -0.39 is 5.79 Å². The maximum absolute atomic E-state index is 8.86. The highest BCUT2D eigenvalue weighted by Crippen LogP contribution is 2.45. The highest BCUT2D eigenvalue weighted by Gasteiger charge is 2.47. The van der Waals surface area contributed by atoms with Crippen LogP contribution in [-0.2, 0) is 15.1 Å². The molecule has 26 heavy (non-hydrogen) atoms. The van der Waals surface area contributed by atoms with E-state index in [0.717, 1.165) is 23.3 Å². The van der Waals surface area contributed by atoms with E-state index in [4.69, 9.17) is 14.7 Å². The molecule has 1 aliphatic heterocycles. The van der Waals surface area contributed by atoms with E-state index >= 15 is 0 Å². The van der Waals surface area contributed by atoms with Gasteiger partial charge in [-0.05, 0) is 61.4 Å². The fourth-order valence-electron chi connectivity index (χ4n) is 3.06. The van der Waals surface area contributed by atoms with Crippen LogP contribution in [0.2, 0.25) is 0 Å². The topological polar surface area (TPSA) is 51.0 Å². The molecule has 0 saturated carbocycles. The molecular weight excluding hydrogens is 366 g/mol. The lowest BCUT2D eigenvalue weighted by Gasteiger charge is -2.28. The summed E-state index contributed by atoms with van der Waals surface area (Å²) in [6, 6.07) is 10.2. The minimum atomic E-state index is -0.452. The molecule has 0 amide bonds. The molecule has 140 valence electrons. The van der Waals surface area contributed by atoms with Gasteiger partial charge in [0, 0.05) is 4.90 Å². The Morgan fingerprint density at radius 3 is 2.54 bits per heavy atom. The van der Waals surface area contributed by atoms with Crippen LogP contribution in [0, 0.1) is 0 Å². The standard InChI is InChI=1S/C20H25NO3S2/c1-5-20(6-2)23-13-19(4,24-20)16-11-18(25-12-16)26-17-9-7-15(8-10-17)14(3)21-22/h7-12,22H,5-6,13H2,1-4H3/b21-14-. The van der Waals surface area contributed by atoms with Gasteiger partial charge in [0.2, 0.25) is 0 Å². The largest absolute Gasteiger partial charge is 0.411 e. The zero-order valence-corrected chi connectivity index (χ0v) is 17.2. The summed E-state index contributed by atoms with van der Waals surface area (Å²) >= 11 is 3.45. The number of benzene rings is 1. The lowest BCUT2D eigenvalue weighted by atomic mass is 10.0. The van der Waals surface area contributed by atoms with Crippen LogP contribution in [0.5, 0.6) is 0 Å². The molecule has 1 aromatic heterocycles. The number of ether oxygens (including phenoxy) is 2. The Labute approximate surface area is 163 Å². The van der Waals surface area contributed by atoms with Gasteiger partial charge in [-0.1, -0.05) is 42.9 Å². The minimum Gasteiger partial charge on any atom is -0.411 e. The first-order valence-electron chi connectivity index (χ1n) is 8.83. The van der Waals surface area contributed by atoms with E-state index in [1.54, 1.807) is 30.0 Å². The average molecular weight is 392 g/mol. The van der Waals surface area contributed by atoms with E-state index in [0.29, 0.717) is 12.3 Å². The molecule has 1 N–H and O–H groups in total. The molecule has 2 aromatic rings. The van der Waals surface area contributed by atoms with Crippen LogP contribution in [0.1, 0.15) is 51.7 Å². The summed E-state index contributed by atoms with van der Waals surface area (Å²) in [5, 5.41) is 14.3. The normalized spacial score (nSPS) is 22.7. The predicted octanol–water partition coefficient (Wildman–Crippen LogP) is 5.88. The second-order valence-corrected chi connectivity index (χ2v) is 8.99. The number of hydrogen-bond acceptors (Lipinski definition) is 6. The Balaban J connectivity index is 1.72. The van der Waals surface area contributed by atoms with E-state index in [-0.39, 0.29) is 5.60 Å². The first kappa shape index (κ1) is 19.4. The van der Waals surface area contributed by atoms with Crippen molar-refractivity contribution in [3.63, 3.8) is 0 Å². The summed E-state index contributed by atoms with van der Waals surface area (Å²) in [5.74, 6) is -0.452. The molecule has 0 radical (unpaired) electrons. The summed E-state index contributed by atoms with van der Waals surface area (Å²) in [6.07, 6.45) is 1.71. The lowest BCUT2D eigenvalue weighted by Crippen LogP contribution is -2.32. The second-order valence-electron chi connectivity index (χ2n) is 6.71. The third-order valence-corrected chi connectivity index (χ3v) is 7.01. The number of nitrogens with zero attached hydrogens (tertiary/aromatic N) is 1. The van der Waals surface area contributed by atoms with Gasteiger partial charge < -0.3 is 14.7 Å². The van der Waals surface area contributed by atoms with E-state index in [1.165, 1.54) is 9.77 Å². The average Bonchev–Trinajstić information content (AvgIpc) is 3.28. The molecule has 0 spiro atoms. The van der Waals surface area contributed by atoms with Crippen molar-refractivity contribution in [2.75, 3.05) is 6.61 Å². The van der Waals surface area contributed by atoms with Gasteiger partial charge in [-0.2, -0.15) is 0 Å². The Kier molecular flexibility index (Phi) is 5.77. The summed E-state index contributed by atoms with van der Waals surface area (Å²) in [4.78, 5) is 1.15. The van der Waals surface area contributed by atoms with Gasteiger partial charge in [0.05, 0.1) is 16.5 Å². The third-order valence-electron chi connectivity index (χ3n) is 4.93. The molecule has 6 heteroatoms. The van der Waals surface area contributed by atoms with Crippen molar-refractivity contribution in [3.05, 3.63) is 46.8 Å². The maximum Gasteiger partial charge on any atom is 0.169 e. The van der Waals surface area contributed by atoms with Crippen LogP contribution in [0.15, 0.2) is 50.0 Å². The molecule has 0 bridgehead atoms. The summed E-state index contributed by atoms with van der Waals surface area (Å²) < 4.78 is 13.6. The van der Waals surface area contributed by atoms with Crippen molar-refractivity contribution in [2.45, 2.75) is 61.0 Å². The maximum atomic E-state index is 8.86. The van der Waals surface area contributed by atoms with Crippen LogP contribution >= 0.6 is 23.1 Å². The van der Waals surface area contributed by atoms with Crippen molar-refractivity contribution in [1.29, 1.82) is 0 Å². The quantitative estimate of drug-likeness (QED) is 0.380. The van der Waals surface area contributed by atoms with Crippen LogP contribution in [0.3, 0.4) is 0 Å². The Morgan fingerprint density at radius 1 is 1.27 bits per heavy atom. The van der Waals surface area contributed by atoms with Crippen molar-refractivity contribution in [1.82, 2.24) is 0 Å². The molecule has 1 aliphatic rings. The SMILES string of the molecule is CCC1(CC)OCC(C)(c2csc(Sc3ccc(/C(C)=N\O)cc3)c2)O1. The summed E-state index contributed by atoms with van der Waals surface area (Å²) in [6.45, 7) is 8.70. The molecule has 1 fully saturated rings. The molecule has 2 heterocycles. The molecule has 1 aromatic carbocycles. The van der Waals surface area contributed by atoms with Gasteiger partial charge >= 0.3 is 0 Å². The lowest BCUT2D eigenvalue weighted by molar-refractivity contribution is -0.190.